The monoisotopic (exact) mass is 174 g/mol. The first-order valence-electron chi connectivity index (χ1n) is 1.61. The van der Waals surface area contributed by atoms with Gasteiger partial charge in [-0.3, -0.25) is 4.57 Å². The molecule has 0 spiro atoms. The van der Waals surface area contributed by atoms with Gasteiger partial charge in [0.25, 0.3) is 0 Å². The van der Waals surface area contributed by atoms with Crippen LogP contribution in [0.4, 0.5) is 0 Å². The Morgan fingerprint density at radius 2 is 1.71 bits per heavy atom. The Balaban J connectivity index is 0. The molecule has 0 atom stereocenters. The van der Waals surface area contributed by atoms with Crippen LogP contribution in [0.5, 0.6) is 0 Å². The van der Waals surface area contributed by atoms with E-state index in [0.717, 1.165) is 0 Å². The normalized spacial score (nSPS) is 10.1. The van der Waals surface area contributed by atoms with Crippen LogP contribution in [-0.2, 0) is 24.0 Å². The fourth-order valence-electron chi connectivity index (χ4n) is 0. The molecule has 0 unspecified atom stereocenters. The van der Waals surface area contributed by atoms with E-state index in [4.69, 9.17) is 9.79 Å². The van der Waals surface area contributed by atoms with Gasteiger partial charge in [-0.05, 0) is 0 Å². The number of hydrogen-bond donors (Lipinski definition) is 2. The van der Waals surface area contributed by atoms with Gasteiger partial charge in [0.1, 0.15) is 0 Å². The van der Waals surface area contributed by atoms with E-state index < -0.39 is 7.60 Å². The molecule has 5 heteroatoms. The summed E-state index contributed by atoms with van der Waals surface area (Å²) >= 11 is 0. The Labute approximate surface area is 55.0 Å². The second-order valence-electron chi connectivity index (χ2n) is 0.981. The SMILES string of the molecule is CCP(=O)(O)O.[Zn]. The summed E-state index contributed by atoms with van der Waals surface area (Å²) in [5, 5.41) is 0. The molecule has 0 aromatic heterocycles. The zero-order valence-corrected chi connectivity index (χ0v) is 8.03. The zero-order valence-electron chi connectivity index (χ0n) is 4.16. The summed E-state index contributed by atoms with van der Waals surface area (Å²) in [6, 6.07) is 0. The quantitative estimate of drug-likeness (QED) is 0.442. The van der Waals surface area contributed by atoms with Gasteiger partial charge in [-0.15, -0.1) is 0 Å². The summed E-state index contributed by atoms with van der Waals surface area (Å²) in [6.07, 6.45) is -0.0625. The second kappa shape index (κ2) is 3.74. The Kier molecular flexibility index (Phi) is 5.71. The van der Waals surface area contributed by atoms with Crippen molar-refractivity contribution < 1.29 is 33.8 Å². The summed E-state index contributed by atoms with van der Waals surface area (Å²) in [6.45, 7) is 1.45. The van der Waals surface area contributed by atoms with Gasteiger partial charge in [0.2, 0.25) is 0 Å². The molecular formula is C2H7O3PZn. The largest absolute Gasteiger partial charge is 0.325 e. The molecule has 0 aromatic rings. The maximum absolute atomic E-state index is 9.69. The van der Waals surface area contributed by atoms with Crippen LogP contribution in [-0.4, -0.2) is 15.9 Å². The average Bonchev–Trinajstić information content (AvgIpc) is 1.35. The van der Waals surface area contributed by atoms with Gasteiger partial charge in [0.05, 0.1) is 0 Å². The predicted octanol–water partition coefficient (Wildman–Crippen LogP) is 0.181. The van der Waals surface area contributed by atoms with Crippen LogP contribution in [0, 0.1) is 0 Å². The van der Waals surface area contributed by atoms with Gasteiger partial charge < -0.3 is 9.79 Å². The molecule has 0 amide bonds. The van der Waals surface area contributed by atoms with E-state index in [1.165, 1.54) is 6.92 Å². The van der Waals surface area contributed by atoms with Crippen LogP contribution in [0.1, 0.15) is 6.92 Å². The molecule has 2 N–H and O–H groups in total. The maximum Gasteiger partial charge on any atom is 0.325 e. The van der Waals surface area contributed by atoms with Crippen LogP contribution in [0.3, 0.4) is 0 Å². The van der Waals surface area contributed by atoms with Crippen molar-refractivity contribution in [3.63, 3.8) is 0 Å². The Bertz CT molecular complexity index is 77.0. The molecule has 0 saturated heterocycles. The van der Waals surface area contributed by atoms with Gasteiger partial charge in [0.15, 0.2) is 0 Å². The van der Waals surface area contributed by atoms with Crippen molar-refractivity contribution in [1.29, 1.82) is 0 Å². The van der Waals surface area contributed by atoms with Crippen molar-refractivity contribution in [2.45, 2.75) is 6.92 Å². The topological polar surface area (TPSA) is 57.5 Å². The van der Waals surface area contributed by atoms with Crippen molar-refractivity contribution in [2.75, 3.05) is 6.16 Å². The first kappa shape index (κ1) is 10.7. The Morgan fingerprint density at radius 3 is 1.71 bits per heavy atom. The van der Waals surface area contributed by atoms with E-state index in [-0.39, 0.29) is 25.6 Å². The third kappa shape index (κ3) is 10.8. The van der Waals surface area contributed by atoms with Crippen molar-refractivity contribution in [3.05, 3.63) is 0 Å². The summed E-state index contributed by atoms with van der Waals surface area (Å²) in [4.78, 5) is 15.9. The van der Waals surface area contributed by atoms with Crippen molar-refractivity contribution >= 4 is 7.60 Å². The average molecular weight is 175 g/mol. The molecule has 0 aliphatic rings. The predicted molar refractivity (Wildman–Crippen MR) is 22.6 cm³/mol. The molecule has 0 rings (SSSR count). The van der Waals surface area contributed by atoms with Crippen molar-refractivity contribution in [3.8, 4) is 0 Å². The molecule has 7 heavy (non-hydrogen) atoms. The zero-order chi connectivity index (χ0) is 5.21. The van der Waals surface area contributed by atoms with Gasteiger partial charge in [0, 0.05) is 25.6 Å². The molecular weight excluding hydrogens is 168 g/mol. The third-order valence-corrected chi connectivity index (χ3v) is 1.24. The van der Waals surface area contributed by atoms with Gasteiger partial charge >= 0.3 is 7.60 Å². The Morgan fingerprint density at radius 1 is 1.57 bits per heavy atom. The van der Waals surface area contributed by atoms with E-state index in [1.54, 1.807) is 0 Å². The van der Waals surface area contributed by atoms with Gasteiger partial charge in [-0.1, -0.05) is 6.92 Å². The summed E-state index contributed by atoms with van der Waals surface area (Å²) in [5.74, 6) is 0. The fourth-order valence-corrected chi connectivity index (χ4v) is 0. The molecule has 0 aliphatic carbocycles. The second-order valence-corrected chi connectivity index (χ2v) is 2.94. The van der Waals surface area contributed by atoms with Crippen molar-refractivity contribution in [2.24, 2.45) is 0 Å². The van der Waals surface area contributed by atoms with Crippen LogP contribution in [0.2, 0.25) is 0 Å². The smallest absolute Gasteiger partial charge is 0.324 e. The van der Waals surface area contributed by atoms with E-state index in [9.17, 15) is 4.57 Å². The first-order valence-corrected chi connectivity index (χ1v) is 3.40. The maximum atomic E-state index is 9.69. The molecule has 0 aromatic carbocycles. The van der Waals surface area contributed by atoms with Crippen LogP contribution in [0.15, 0.2) is 0 Å². The van der Waals surface area contributed by atoms with Crippen LogP contribution in [0.25, 0.3) is 0 Å². The van der Waals surface area contributed by atoms with E-state index in [1.807, 2.05) is 0 Å². The number of hydrogen-bond acceptors (Lipinski definition) is 1. The van der Waals surface area contributed by atoms with E-state index in [2.05, 4.69) is 0 Å². The minimum Gasteiger partial charge on any atom is -0.324 e. The number of rotatable bonds is 1. The Hall–Kier alpha value is 0.773. The molecule has 40 valence electrons. The van der Waals surface area contributed by atoms with Crippen LogP contribution >= 0.6 is 7.60 Å². The summed E-state index contributed by atoms with van der Waals surface area (Å²) < 4.78 is 9.69. The standard InChI is InChI=1S/C2H7O3P.Zn/c1-2-6(3,4)5;/h2H2,1H3,(H2,3,4,5);. The van der Waals surface area contributed by atoms with Gasteiger partial charge in [-0.25, -0.2) is 0 Å². The molecule has 0 saturated carbocycles. The molecule has 0 aliphatic heterocycles. The first-order chi connectivity index (χ1) is 2.56. The van der Waals surface area contributed by atoms with Gasteiger partial charge in [-0.2, -0.15) is 0 Å². The van der Waals surface area contributed by atoms with Crippen LogP contribution < -0.4 is 0 Å². The van der Waals surface area contributed by atoms with E-state index in [0.29, 0.717) is 0 Å². The van der Waals surface area contributed by atoms with E-state index >= 15 is 0 Å². The minimum absolute atomic E-state index is 0. The summed E-state index contributed by atoms with van der Waals surface area (Å²) in [5.41, 5.74) is 0. The molecule has 0 heterocycles. The van der Waals surface area contributed by atoms with Crippen molar-refractivity contribution in [1.82, 2.24) is 0 Å². The fraction of sp³-hybridized carbons (Fsp3) is 1.00. The summed E-state index contributed by atoms with van der Waals surface area (Å²) in [7, 11) is -3.65. The molecule has 0 radical (unpaired) electrons. The third-order valence-electron chi connectivity index (χ3n) is 0.412. The minimum atomic E-state index is -3.65. The molecule has 0 fully saturated rings. The molecule has 3 nitrogen and oxygen atoms in total. The molecule has 0 bridgehead atoms.